The molecule has 2 N–H and O–H groups in total. The molecule has 1 aromatic rings. The molecule has 0 bridgehead atoms. The van der Waals surface area contributed by atoms with E-state index in [0.717, 1.165) is 12.8 Å². The van der Waals surface area contributed by atoms with E-state index in [1.165, 1.54) is 32.6 Å². The third-order valence-electron chi connectivity index (χ3n) is 5.81. The molecule has 3 amide bonds. The van der Waals surface area contributed by atoms with Crippen LogP contribution in [-0.4, -0.2) is 41.8 Å². The van der Waals surface area contributed by atoms with E-state index in [1.807, 2.05) is 4.90 Å². The van der Waals surface area contributed by atoms with Gasteiger partial charge < -0.3 is 15.5 Å². The first-order valence-corrected chi connectivity index (χ1v) is 10.5. The molecule has 1 saturated heterocycles. The van der Waals surface area contributed by atoms with Crippen molar-refractivity contribution in [3.8, 4) is 0 Å². The van der Waals surface area contributed by atoms with Crippen LogP contribution < -0.4 is 10.6 Å². The summed E-state index contributed by atoms with van der Waals surface area (Å²) >= 11 is 0. The van der Waals surface area contributed by atoms with Crippen LogP contribution in [0.4, 0.5) is 5.69 Å². The third kappa shape index (κ3) is 5.57. The van der Waals surface area contributed by atoms with Gasteiger partial charge in [-0.25, -0.2) is 0 Å². The van der Waals surface area contributed by atoms with Crippen molar-refractivity contribution in [1.82, 2.24) is 10.2 Å². The summed E-state index contributed by atoms with van der Waals surface area (Å²) < 4.78 is 0. The summed E-state index contributed by atoms with van der Waals surface area (Å²) in [6, 6.07) is 7.27. The summed E-state index contributed by atoms with van der Waals surface area (Å²) in [7, 11) is 0. The normalized spacial score (nSPS) is 19.0. The number of nitrogens with zero attached hydrogens (tertiary/aromatic N) is 1. The molecule has 0 spiro atoms. The Bertz CT molecular complexity index is 685. The molecule has 0 unspecified atom stereocenters. The van der Waals surface area contributed by atoms with Crippen molar-refractivity contribution in [1.29, 1.82) is 0 Å². The Morgan fingerprint density at radius 1 is 0.893 bits per heavy atom. The summed E-state index contributed by atoms with van der Waals surface area (Å²) in [6.45, 7) is 2.67. The molecular weight excluding hydrogens is 354 g/mol. The van der Waals surface area contributed by atoms with E-state index in [1.54, 1.807) is 24.3 Å². The smallest absolute Gasteiger partial charge is 0.253 e. The zero-order valence-corrected chi connectivity index (χ0v) is 16.7. The molecule has 0 aromatic heterocycles. The van der Waals surface area contributed by atoms with Crippen LogP contribution in [-0.2, 0) is 9.59 Å². The molecule has 28 heavy (non-hydrogen) atoms. The zero-order chi connectivity index (χ0) is 19.9. The Balaban J connectivity index is 1.48. The number of amides is 3. The van der Waals surface area contributed by atoms with Gasteiger partial charge in [-0.15, -0.1) is 0 Å². The van der Waals surface area contributed by atoms with E-state index in [4.69, 9.17) is 0 Å². The summed E-state index contributed by atoms with van der Waals surface area (Å²) in [5.41, 5.74) is 1.29. The van der Waals surface area contributed by atoms with E-state index in [2.05, 4.69) is 10.6 Å². The number of nitrogens with one attached hydrogen (secondary N) is 2. The Labute approximate surface area is 167 Å². The van der Waals surface area contributed by atoms with Gasteiger partial charge in [0.2, 0.25) is 11.8 Å². The lowest BCUT2D eigenvalue weighted by Crippen LogP contribution is -2.45. The summed E-state index contributed by atoms with van der Waals surface area (Å²) in [6.07, 6.45) is 8.59. The van der Waals surface area contributed by atoms with E-state index in [0.29, 0.717) is 43.2 Å². The number of rotatable bonds is 4. The van der Waals surface area contributed by atoms with Crippen molar-refractivity contribution in [3.05, 3.63) is 29.8 Å². The van der Waals surface area contributed by atoms with Gasteiger partial charge in [-0.05, 0) is 49.9 Å². The molecule has 152 valence electrons. The highest BCUT2D eigenvalue weighted by atomic mass is 16.2. The van der Waals surface area contributed by atoms with Crippen LogP contribution in [0.3, 0.4) is 0 Å². The van der Waals surface area contributed by atoms with Crippen molar-refractivity contribution < 1.29 is 14.4 Å². The van der Waals surface area contributed by atoms with Crippen molar-refractivity contribution in [2.75, 3.05) is 18.4 Å². The maximum atomic E-state index is 12.7. The SMILES string of the molecule is CC(=O)Nc1ccc(C(=O)N2CCC(C(=O)NC3CCCCCC3)CC2)cc1. The van der Waals surface area contributed by atoms with Crippen LogP contribution in [0.1, 0.15) is 68.6 Å². The van der Waals surface area contributed by atoms with Crippen LogP contribution in [0, 0.1) is 5.92 Å². The predicted octanol–water partition coefficient (Wildman–Crippen LogP) is 3.34. The molecule has 1 aromatic carbocycles. The van der Waals surface area contributed by atoms with Gasteiger partial charge in [0.05, 0.1) is 0 Å². The second-order valence-electron chi connectivity index (χ2n) is 8.02. The first kappa shape index (κ1) is 20.4. The lowest BCUT2D eigenvalue weighted by Gasteiger charge is -2.32. The number of carbonyl (C=O) groups is 3. The highest BCUT2D eigenvalue weighted by molar-refractivity contribution is 5.95. The fourth-order valence-electron chi connectivity index (χ4n) is 4.17. The van der Waals surface area contributed by atoms with Crippen molar-refractivity contribution >= 4 is 23.4 Å². The Hall–Kier alpha value is -2.37. The predicted molar refractivity (Wildman–Crippen MR) is 109 cm³/mol. The minimum absolute atomic E-state index is 0.00875. The third-order valence-corrected chi connectivity index (χ3v) is 5.81. The molecule has 1 saturated carbocycles. The van der Waals surface area contributed by atoms with Crippen molar-refractivity contribution in [3.63, 3.8) is 0 Å². The average Bonchev–Trinajstić information content (AvgIpc) is 2.96. The molecule has 2 fully saturated rings. The topological polar surface area (TPSA) is 78.5 Å². The largest absolute Gasteiger partial charge is 0.353 e. The second-order valence-corrected chi connectivity index (χ2v) is 8.02. The first-order chi connectivity index (χ1) is 13.5. The van der Waals surface area contributed by atoms with Gasteiger partial charge >= 0.3 is 0 Å². The molecule has 1 aliphatic heterocycles. The van der Waals surface area contributed by atoms with Crippen LogP contribution in [0.2, 0.25) is 0 Å². The van der Waals surface area contributed by atoms with E-state index in [-0.39, 0.29) is 23.6 Å². The van der Waals surface area contributed by atoms with Gasteiger partial charge in [-0.2, -0.15) is 0 Å². The fraction of sp³-hybridized carbons (Fsp3) is 0.591. The second kappa shape index (κ2) is 9.71. The van der Waals surface area contributed by atoms with Gasteiger partial charge in [0, 0.05) is 43.2 Å². The van der Waals surface area contributed by atoms with Gasteiger partial charge in [0.25, 0.3) is 5.91 Å². The van der Waals surface area contributed by atoms with Crippen LogP contribution in [0.5, 0.6) is 0 Å². The zero-order valence-electron chi connectivity index (χ0n) is 16.7. The molecule has 0 radical (unpaired) electrons. The monoisotopic (exact) mass is 385 g/mol. The number of benzene rings is 1. The van der Waals surface area contributed by atoms with Crippen molar-refractivity contribution in [2.24, 2.45) is 5.92 Å². The molecular formula is C22H31N3O3. The van der Waals surface area contributed by atoms with Crippen LogP contribution in [0.25, 0.3) is 0 Å². The maximum absolute atomic E-state index is 12.7. The van der Waals surface area contributed by atoms with Crippen molar-refractivity contribution in [2.45, 2.75) is 64.3 Å². The number of piperidine rings is 1. The van der Waals surface area contributed by atoms with Crippen LogP contribution in [0.15, 0.2) is 24.3 Å². The Morgan fingerprint density at radius 3 is 2.07 bits per heavy atom. The number of anilines is 1. The lowest BCUT2D eigenvalue weighted by atomic mass is 9.94. The highest BCUT2D eigenvalue weighted by Crippen LogP contribution is 2.22. The Morgan fingerprint density at radius 2 is 1.50 bits per heavy atom. The number of hydrogen-bond donors (Lipinski definition) is 2. The molecule has 6 nitrogen and oxygen atoms in total. The van der Waals surface area contributed by atoms with Crippen LogP contribution >= 0.6 is 0 Å². The molecule has 3 rings (SSSR count). The maximum Gasteiger partial charge on any atom is 0.253 e. The fourth-order valence-corrected chi connectivity index (χ4v) is 4.17. The van der Waals surface area contributed by atoms with E-state index >= 15 is 0 Å². The summed E-state index contributed by atoms with van der Waals surface area (Å²) in [5, 5.41) is 5.95. The van der Waals surface area contributed by atoms with E-state index in [9.17, 15) is 14.4 Å². The molecule has 1 heterocycles. The minimum Gasteiger partial charge on any atom is -0.353 e. The molecule has 1 aliphatic carbocycles. The minimum atomic E-state index is -0.136. The summed E-state index contributed by atoms with van der Waals surface area (Å²) in [5.74, 6) is 0.0216. The number of hydrogen-bond acceptors (Lipinski definition) is 3. The van der Waals surface area contributed by atoms with Gasteiger partial charge in [0.15, 0.2) is 0 Å². The van der Waals surface area contributed by atoms with Gasteiger partial charge in [-0.3, -0.25) is 14.4 Å². The lowest BCUT2D eigenvalue weighted by molar-refractivity contribution is -0.127. The average molecular weight is 386 g/mol. The van der Waals surface area contributed by atoms with Gasteiger partial charge in [-0.1, -0.05) is 25.7 Å². The molecule has 2 aliphatic rings. The summed E-state index contributed by atoms with van der Waals surface area (Å²) in [4.78, 5) is 38.2. The molecule has 0 atom stereocenters. The van der Waals surface area contributed by atoms with E-state index < -0.39 is 0 Å². The quantitative estimate of drug-likeness (QED) is 0.780. The molecule has 6 heteroatoms. The van der Waals surface area contributed by atoms with Gasteiger partial charge in [0.1, 0.15) is 0 Å². The number of carbonyl (C=O) groups excluding carboxylic acids is 3. The number of likely N-dealkylation sites (tertiary alicyclic amines) is 1. The first-order valence-electron chi connectivity index (χ1n) is 10.5. The Kier molecular flexibility index (Phi) is 7.06. The standard InChI is InChI=1S/C22H31N3O3/c1-16(26)23-20-10-8-18(9-11-20)22(28)25-14-12-17(13-15-25)21(27)24-19-6-4-2-3-5-7-19/h8-11,17,19H,2-7,12-15H2,1H3,(H,23,26)(H,24,27). The highest BCUT2D eigenvalue weighted by Gasteiger charge is 2.29.